The summed E-state index contributed by atoms with van der Waals surface area (Å²) in [4.78, 5) is 24.9. The number of carbonyl (C=O) groups is 2. The Kier molecular flexibility index (Phi) is 5.02. The summed E-state index contributed by atoms with van der Waals surface area (Å²) in [5, 5.41) is 11.2. The first kappa shape index (κ1) is 18.8. The van der Waals surface area contributed by atoms with Gasteiger partial charge in [-0.2, -0.15) is 5.10 Å². The van der Waals surface area contributed by atoms with Crippen LogP contribution >= 0.6 is 34.8 Å². The Hall–Kier alpha value is -2.54. The van der Waals surface area contributed by atoms with E-state index in [1.165, 1.54) is 4.68 Å². The van der Waals surface area contributed by atoms with E-state index < -0.39 is 6.04 Å². The lowest BCUT2D eigenvalue weighted by molar-refractivity contribution is -0.123. The number of anilines is 2. The van der Waals surface area contributed by atoms with Crippen molar-refractivity contribution in [1.82, 2.24) is 9.78 Å². The Labute approximate surface area is 175 Å². The van der Waals surface area contributed by atoms with E-state index in [2.05, 4.69) is 15.7 Å². The molecule has 6 nitrogen and oxygen atoms in total. The van der Waals surface area contributed by atoms with Crippen LogP contribution in [-0.4, -0.2) is 21.6 Å². The average Bonchev–Trinajstić information content (AvgIpc) is 3.14. The van der Waals surface area contributed by atoms with Crippen LogP contribution in [0.5, 0.6) is 0 Å². The number of amides is 2. The first-order valence-corrected chi connectivity index (χ1v) is 9.44. The second-order valence-corrected chi connectivity index (χ2v) is 7.59. The fourth-order valence-electron chi connectivity index (χ4n) is 3.09. The number of rotatable bonds is 4. The molecule has 4 rings (SSSR count). The minimum absolute atomic E-state index is 0.0837. The molecule has 1 atom stereocenters. The number of benzene rings is 2. The van der Waals surface area contributed by atoms with Gasteiger partial charge in [-0.25, -0.2) is 4.68 Å². The number of nitrogens with one attached hydrogen (secondary N) is 2. The van der Waals surface area contributed by atoms with E-state index in [4.69, 9.17) is 34.8 Å². The number of hydrogen-bond acceptors (Lipinski definition) is 3. The monoisotopic (exact) mass is 434 g/mol. The zero-order valence-electron chi connectivity index (χ0n) is 14.2. The van der Waals surface area contributed by atoms with Crippen molar-refractivity contribution in [1.29, 1.82) is 0 Å². The Morgan fingerprint density at radius 1 is 1.11 bits per heavy atom. The highest BCUT2D eigenvalue weighted by molar-refractivity contribution is 6.35. The third-order valence-corrected chi connectivity index (χ3v) is 4.97. The van der Waals surface area contributed by atoms with Crippen molar-refractivity contribution in [3.8, 4) is 11.1 Å². The third-order valence-electron chi connectivity index (χ3n) is 4.30. The second kappa shape index (κ2) is 7.47. The molecule has 9 heteroatoms. The van der Waals surface area contributed by atoms with E-state index in [9.17, 15) is 9.59 Å². The average molecular weight is 436 g/mol. The molecular weight excluding hydrogens is 423 g/mol. The lowest BCUT2D eigenvalue weighted by Gasteiger charge is -2.10. The summed E-state index contributed by atoms with van der Waals surface area (Å²) >= 11 is 17.9. The number of carbonyl (C=O) groups excluding carboxylic acids is 2. The molecule has 1 aromatic heterocycles. The van der Waals surface area contributed by atoms with Crippen LogP contribution in [-0.2, 0) is 9.59 Å². The van der Waals surface area contributed by atoms with E-state index in [0.29, 0.717) is 26.6 Å². The first-order chi connectivity index (χ1) is 13.4. The van der Waals surface area contributed by atoms with Gasteiger partial charge in [0.2, 0.25) is 5.91 Å². The fourth-order valence-corrected chi connectivity index (χ4v) is 3.81. The molecule has 1 unspecified atom stereocenters. The van der Waals surface area contributed by atoms with Crippen LogP contribution in [0.25, 0.3) is 11.1 Å². The van der Waals surface area contributed by atoms with Crippen LogP contribution in [0, 0.1) is 0 Å². The molecule has 2 aromatic carbocycles. The van der Waals surface area contributed by atoms with Crippen molar-refractivity contribution >= 4 is 58.1 Å². The van der Waals surface area contributed by atoms with Crippen molar-refractivity contribution in [2.45, 2.75) is 12.5 Å². The standard InChI is InChI=1S/C19H13Cl3N4O2/c20-11-3-1-2-10(4-11)15-9-23-26-16(19(28)25-18(15)26)8-17(27)24-14-6-12(21)5-13(22)7-14/h1-7,9,16H,8H2,(H,24,27)(H,25,28). The van der Waals surface area contributed by atoms with E-state index in [1.807, 2.05) is 12.1 Å². The van der Waals surface area contributed by atoms with Gasteiger partial charge in [-0.3, -0.25) is 9.59 Å². The van der Waals surface area contributed by atoms with Crippen molar-refractivity contribution in [3.05, 3.63) is 63.7 Å². The molecule has 2 amide bonds. The van der Waals surface area contributed by atoms with E-state index in [-0.39, 0.29) is 18.2 Å². The number of fused-ring (bicyclic) bond motifs is 1. The lowest BCUT2D eigenvalue weighted by Crippen LogP contribution is -2.23. The highest BCUT2D eigenvalue weighted by Crippen LogP contribution is 2.36. The minimum Gasteiger partial charge on any atom is -0.326 e. The smallest absolute Gasteiger partial charge is 0.251 e. The van der Waals surface area contributed by atoms with Crippen molar-refractivity contribution < 1.29 is 9.59 Å². The van der Waals surface area contributed by atoms with Crippen molar-refractivity contribution in [3.63, 3.8) is 0 Å². The summed E-state index contributed by atoms with van der Waals surface area (Å²) in [5.74, 6) is -0.118. The van der Waals surface area contributed by atoms with Crippen LogP contribution in [0.15, 0.2) is 48.7 Å². The second-order valence-electron chi connectivity index (χ2n) is 6.28. The maximum Gasteiger partial charge on any atom is 0.251 e. The van der Waals surface area contributed by atoms with Gasteiger partial charge in [0.1, 0.15) is 11.9 Å². The molecular formula is C19H13Cl3N4O2. The van der Waals surface area contributed by atoms with Crippen molar-refractivity contribution in [2.24, 2.45) is 0 Å². The summed E-state index contributed by atoms with van der Waals surface area (Å²) in [7, 11) is 0. The van der Waals surface area contributed by atoms with Gasteiger partial charge in [0, 0.05) is 26.3 Å². The zero-order valence-corrected chi connectivity index (χ0v) is 16.5. The molecule has 0 aliphatic carbocycles. The van der Waals surface area contributed by atoms with Crippen LogP contribution in [0.1, 0.15) is 12.5 Å². The maximum atomic E-state index is 12.4. The summed E-state index contributed by atoms with van der Waals surface area (Å²) < 4.78 is 1.52. The van der Waals surface area contributed by atoms with Gasteiger partial charge in [0.15, 0.2) is 0 Å². The lowest BCUT2D eigenvalue weighted by atomic mass is 10.1. The van der Waals surface area contributed by atoms with E-state index in [1.54, 1.807) is 36.5 Å². The number of nitrogens with zero attached hydrogens (tertiary/aromatic N) is 2. The van der Waals surface area contributed by atoms with Crippen LogP contribution in [0.3, 0.4) is 0 Å². The van der Waals surface area contributed by atoms with Crippen LogP contribution < -0.4 is 10.6 Å². The molecule has 2 heterocycles. The molecule has 142 valence electrons. The summed E-state index contributed by atoms with van der Waals surface area (Å²) in [6, 6.07) is 11.2. The molecule has 28 heavy (non-hydrogen) atoms. The molecule has 3 aromatic rings. The molecule has 0 radical (unpaired) electrons. The van der Waals surface area contributed by atoms with Crippen molar-refractivity contribution in [2.75, 3.05) is 10.6 Å². The van der Waals surface area contributed by atoms with E-state index in [0.717, 1.165) is 11.1 Å². The van der Waals surface area contributed by atoms with Crippen LogP contribution in [0.2, 0.25) is 15.1 Å². The zero-order chi connectivity index (χ0) is 19.8. The van der Waals surface area contributed by atoms with Gasteiger partial charge in [-0.05, 0) is 35.9 Å². The molecule has 1 aliphatic rings. The summed E-state index contributed by atoms with van der Waals surface area (Å²) in [5.41, 5.74) is 2.02. The molecule has 0 spiro atoms. The molecule has 1 aliphatic heterocycles. The quantitative estimate of drug-likeness (QED) is 0.603. The Morgan fingerprint density at radius 2 is 1.86 bits per heavy atom. The highest BCUT2D eigenvalue weighted by atomic mass is 35.5. The highest BCUT2D eigenvalue weighted by Gasteiger charge is 2.35. The Morgan fingerprint density at radius 3 is 2.57 bits per heavy atom. The molecule has 2 N–H and O–H groups in total. The predicted molar refractivity (Wildman–Crippen MR) is 110 cm³/mol. The number of hydrogen-bond donors (Lipinski definition) is 2. The fraction of sp³-hybridized carbons (Fsp3) is 0.105. The Balaban J connectivity index is 1.54. The molecule has 0 bridgehead atoms. The van der Waals surface area contributed by atoms with Gasteiger partial charge in [0.25, 0.3) is 5.91 Å². The molecule has 0 saturated carbocycles. The first-order valence-electron chi connectivity index (χ1n) is 8.31. The summed E-state index contributed by atoms with van der Waals surface area (Å²) in [6.07, 6.45) is 1.56. The van der Waals surface area contributed by atoms with Gasteiger partial charge in [-0.1, -0.05) is 46.9 Å². The Bertz CT molecular complexity index is 1080. The predicted octanol–water partition coefficient (Wildman–Crippen LogP) is 5.03. The summed E-state index contributed by atoms with van der Waals surface area (Å²) in [6.45, 7) is 0. The van der Waals surface area contributed by atoms with Gasteiger partial charge < -0.3 is 10.6 Å². The van der Waals surface area contributed by atoms with Crippen LogP contribution in [0.4, 0.5) is 11.5 Å². The minimum atomic E-state index is -0.752. The van der Waals surface area contributed by atoms with E-state index >= 15 is 0 Å². The molecule has 0 saturated heterocycles. The van der Waals surface area contributed by atoms with Gasteiger partial charge >= 0.3 is 0 Å². The van der Waals surface area contributed by atoms with Gasteiger partial charge in [0.05, 0.1) is 12.6 Å². The third kappa shape index (κ3) is 3.71. The molecule has 0 fully saturated rings. The maximum absolute atomic E-state index is 12.4. The topological polar surface area (TPSA) is 76.0 Å². The normalized spacial score (nSPS) is 15.2. The SMILES string of the molecule is O=C(CC1C(=O)Nc2c(-c3cccc(Cl)c3)cnn21)Nc1cc(Cl)cc(Cl)c1. The number of halogens is 3. The number of aromatic nitrogens is 2. The largest absolute Gasteiger partial charge is 0.326 e. The van der Waals surface area contributed by atoms with Gasteiger partial charge in [-0.15, -0.1) is 0 Å².